The lowest BCUT2D eigenvalue weighted by Crippen LogP contribution is -2.48. The smallest absolute Gasteiger partial charge is 0.264 e. The number of hydrogen-bond donors (Lipinski definition) is 2. The molecule has 0 spiro atoms. The molecule has 11 heteroatoms. The number of rotatable bonds is 4. The third kappa shape index (κ3) is 6.33. The largest absolute Gasteiger partial charge is 0.312 e. The Morgan fingerprint density at radius 1 is 1.07 bits per heavy atom. The van der Waals surface area contributed by atoms with E-state index >= 15 is 0 Å². The lowest BCUT2D eigenvalue weighted by molar-refractivity contribution is -0.184. The van der Waals surface area contributed by atoms with Crippen LogP contribution in [0.1, 0.15) is 33.4 Å². The van der Waals surface area contributed by atoms with Crippen LogP contribution in [0.15, 0.2) is 30.0 Å². The van der Waals surface area contributed by atoms with Gasteiger partial charge in [-0.1, -0.05) is 6.07 Å². The van der Waals surface area contributed by atoms with Crippen molar-refractivity contribution in [1.29, 1.82) is 0 Å². The fourth-order valence-electron chi connectivity index (χ4n) is 3.00. The van der Waals surface area contributed by atoms with Gasteiger partial charge in [-0.05, 0) is 45.4 Å². The summed E-state index contributed by atoms with van der Waals surface area (Å²) in [5.74, 6) is 0. The van der Waals surface area contributed by atoms with E-state index < -0.39 is 31.3 Å². The van der Waals surface area contributed by atoms with Crippen molar-refractivity contribution in [2.24, 2.45) is 0 Å². The summed E-state index contributed by atoms with van der Waals surface area (Å²) in [6.07, 6.45) is 3.39. The molecule has 1 aliphatic heterocycles. The zero-order valence-corrected chi connectivity index (χ0v) is 17.8. The average Bonchev–Trinajstić information content (AvgIpc) is 2.61. The van der Waals surface area contributed by atoms with Crippen molar-refractivity contribution in [2.45, 2.75) is 38.8 Å². The van der Waals surface area contributed by atoms with Crippen LogP contribution in [0.3, 0.4) is 0 Å². The van der Waals surface area contributed by atoms with Crippen molar-refractivity contribution < 1.29 is 30.8 Å². The molecule has 154 valence electrons. The molecule has 0 amide bonds. The molecule has 2 N–H and O–H groups in total. The second kappa shape index (κ2) is 7.94. The zero-order chi connectivity index (χ0) is 21.3. The zero-order valence-electron chi connectivity index (χ0n) is 16.2. The van der Waals surface area contributed by atoms with Gasteiger partial charge in [0, 0.05) is 11.8 Å². The van der Waals surface area contributed by atoms with Crippen LogP contribution in [0, 0.1) is 0 Å². The first-order chi connectivity index (χ1) is 12.0. The van der Waals surface area contributed by atoms with Crippen LogP contribution >= 0.6 is 0 Å². The van der Waals surface area contributed by atoms with Crippen molar-refractivity contribution in [3.63, 3.8) is 0 Å². The predicted molar refractivity (Wildman–Crippen MR) is 101 cm³/mol. The van der Waals surface area contributed by atoms with Crippen molar-refractivity contribution in [3.05, 3.63) is 35.7 Å². The van der Waals surface area contributed by atoms with Gasteiger partial charge in [0.15, 0.2) is 0 Å². The van der Waals surface area contributed by atoms with Crippen LogP contribution in [0.2, 0.25) is 0 Å². The van der Waals surface area contributed by atoms with Gasteiger partial charge in [-0.25, -0.2) is 0 Å². The first-order valence-corrected chi connectivity index (χ1v) is 11.6. The maximum Gasteiger partial charge on any atom is 0.264 e. The molecule has 0 aliphatic carbocycles. The van der Waals surface area contributed by atoms with E-state index in [1.165, 1.54) is 5.06 Å². The number of pyridine rings is 1. The molecule has 0 radical (unpaired) electrons. The standard InChI is InChI=1S/C15H22N2O4S.CH4O3S/c1-14(2)11(10-21-22(5,19)20)13(15(3,4)17(14)18)12-8-6-7-9-16-12;1-5(2,3)4/h6-9,18H,10H2,1-5H3;1H3,(H,2,3,4). The maximum absolute atomic E-state index is 11.3. The molecule has 1 aromatic heterocycles. The number of hydrogen-bond acceptors (Lipinski definition) is 8. The lowest BCUT2D eigenvalue weighted by atomic mass is 9.88. The van der Waals surface area contributed by atoms with E-state index in [1.54, 1.807) is 12.3 Å². The molecule has 0 saturated heterocycles. The second-order valence-corrected chi connectivity index (χ2v) is 10.3. The molecular formula is C16H26N2O7S2. The van der Waals surface area contributed by atoms with Crippen LogP contribution in [0.4, 0.5) is 0 Å². The summed E-state index contributed by atoms with van der Waals surface area (Å²) >= 11 is 0. The van der Waals surface area contributed by atoms with Crippen LogP contribution < -0.4 is 0 Å². The normalized spacial score (nSPS) is 19.6. The third-order valence-corrected chi connectivity index (χ3v) is 4.60. The van der Waals surface area contributed by atoms with Gasteiger partial charge in [0.25, 0.3) is 20.2 Å². The van der Waals surface area contributed by atoms with Gasteiger partial charge >= 0.3 is 0 Å². The average molecular weight is 423 g/mol. The van der Waals surface area contributed by atoms with Gasteiger partial charge in [-0.2, -0.15) is 21.9 Å². The molecular weight excluding hydrogens is 396 g/mol. The van der Waals surface area contributed by atoms with E-state index in [-0.39, 0.29) is 6.61 Å². The fourth-order valence-corrected chi connectivity index (χ4v) is 3.33. The monoisotopic (exact) mass is 422 g/mol. The van der Waals surface area contributed by atoms with Crippen LogP contribution in [0.5, 0.6) is 0 Å². The van der Waals surface area contributed by atoms with Crippen LogP contribution in [-0.2, 0) is 24.4 Å². The Morgan fingerprint density at radius 3 is 2.00 bits per heavy atom. The topological polar surface area (TPSA) is 134 Å². The van der Waals surface area contributed by atoms with Gasteiger partial charge in [0.1, 0.15) is 0 Å². The first-order valence-electron chi connectivity index (χ1n) is 7.89. The predicted octanol–water partition coefficient (Wildman–Crippen LogP) is 1.58. The lowest BCUT2D eigenvalue weighted by Gasteiger charge is -2.36. The maximum atomic E-state index is 11.3. The molecule has 0 bridgehead atoms. The second-order valence-electron chi connectivity index (χ2n) is 7.20. The highest BCUT2D eigenvalue weighted by Gasteiger charge is 2.51. The summed E-state index contributed by atoms with van der Waals surface area (Å²) in [5.41, 5.74) is 0.701. The quantitative estimate of drug-likeness (QED) is 0.547. The third-order valence-electron chi connectivity index (χ3n) is 4.05. The highest BCUT2D eigenvalue weighted by Crippen LogP contribution is 2.48. The Labute approximate surface area is 160 Å². The molecule has 0 unspecified atom stereocenters. The van der Waals surface area contributed by atoms with Crippen LogP contribution in [-0.4, -0.2) is 66.8 Å². The Kier molecular flexibility index (Phi) is 6.96. The molecule has 27 heavy (non-hydrogen) atoms. The van der Waals surface area contributed by atoms with Gasteiger partial charge < -0.3 is 5.21 Å². The minimum absolute atomic E-state index is 0.113. The number of hydroxylamine groups is 2. The van der Waals surface area contributed by atoms with E-state index in [0.29, 0.717) is 17.5 Å². The molecule has 0 fully saturated rings. The van der Waals surface area contributed by atoms with Crippen molar-refractivity contribution in [3.8, 4) is 0 Å². The minimum Gasteiger partial charge on any atom is -0.312 e. The Bertz CT molecular complexity index is 897. The summed E-state index contributed by atoms with van der Waals surface area (Å²) < 4.78 is 53.6. The number of aromatic nitrogens is 1. The van der Waals surface area contributed by atoms with E-state index in [0.717, 1.165) is 11.8 Å². The first kappa shape index (κ1) is 23.7. The van der Waals surface area contributed by atoms with Crippen molar-refractivity contribution in [2.75, 3.05) is 19.1 Å². The van der Waals surface area contributed by atoms with E-state index in [9.17, 15) is 22.0 Å². The SMILES string of the molecule is CC1(C)C(COS(C)(=O)=O)=C(c2ccccn2)C(C)(C)N1O.CS(=O)(=O)O. The Balaban J connectivity index is 0.000000646. The molecule has 0 saturated carbocycles. The molecule has 0 atom stereocenters. The fraction of sp³-hybridized carbons (Fsp3) is 0.562. The Hall–Kier alpha value is -1.37. The molecule has 1 aliphatic rings. The van der Waals surface area contributed by atoms with Gasteiger partial charge in [0.05, 0.1) is 35.9 Å². The summed E-state index contributed by atoms with van der Waals surface area (Å²) in [4.78, 5) is 4.35. The van der Waals surface area contributed by atoms with Crippen LogP contribution in [0.25, 0.3) is 5.57 Å². The van der Waals surface area contributed by atoms with Crippen molar-refractivity contribution in [1.82, 2.24) is 10.0 Å². The molecule has 2 heterocycles. The summed E-state index contributed by atoms with van der Waals surface area (Å²) in [7, 11) is -7.24. The highest BCUT2D eigenvalue weighted by atomic mass is 32.2. The highest BCUT2D eigenvalue weighted by molar-refractivity contribution is 7.86. The van der Waals surface area contributed by atoms with E-state index in [1.807, 2.05) is 39.8 Å². The number of nitrogens with zero attached hydrogens (tertiary/aromatic N) is 2. The van der Waals surface area contributed by atoms with Gasteiger partial charge in [-0.3, -0.25) is 13.7 Å². The Morgan fingerprint density at radius 2 is 1.59 bits per heavy atom. The minimum atomic E-state index is -3.67. The van der Waals surface area contributed by atoms with Gasteiger partial charge in [-0.15, -0.1) is 0 Å². The molecule has 2 rings (SSSR count). The summed E-state index contributed by atoms with van der Waals surface area (Å²) in [6, 6.07) is 5.50. The van der Waals surface area contributed by atoms with E-state index in [2.05, 4.69) is 4.98 Å². The summed E-state index contributed by atoms with van der Waals surface area (Å²) in [6.45, 7) is 7.27. The molecule has 1 aromatic rings. The van der Waals surface area contributed by atoms with Crippen molar-refractivity contribution >= 4 is 25.8 Å². The van der Waals surface area contributed by atoms with Gasteiger partial charge in [0.2, 0.25) is 0 Å². The molecule has 0 aromatic carbocycles. The summed E-state index contributed by atoms with van der Waals surface area (Å²) in [5, 5.41) is 11.8. The van der Waals surface area contributed by atoms with E-state index in [4.69, 9.17) is 8.74 Å². The molecule has 9 nitrogen and oxygen atoms in total.